The molecule has 0 heterocycles. The first-order valence-electron chi connectivity index (χ1n) is 6.69. The largest absolute Gasteiger partial charge is 0.462 e. The maximum Gasteiger partial charge on any atom is 0.343 e. The monoisotopic (exact) mass is 363 g/mol. The lowest BCUT2D eigenvalue weighted by atomic mass is 10.0. The molecule has 25 heavy (non-hydrogen) atoms. The van der Waals surface area contributed by atoms with Gasteiger partial charge in [0, 0.05) is 13.2 Å². The fraction of sp³-hybridized carbons (Fsp3) is 0.214. The number of esters is 1. The molecule has 0 saturated heterocycles. The Bertz CT molecular complexity index is 725. The van der Waals surface area contributed by atoms with Gasteiger partial charge in [-0.05, 0) is 13.0 Å². The van der Waals surface area contributed by atoms with Gasteiger partial charge < -0.3 is 10.2 Å². The highest BCUT2D eigenvalue weighted by atomic mass is 19.2. The summed E-state index contributed by atoms with van der Waals surface area (Å²) in [6, 6.07) is 0.122. The van der Waals surface area contributed by atoms with E-state index in [2.05, 4.69) is 15.6 Å². The van der Waals surface area contributed by atoms with Crippen molar-refractivity contribution in [2.75, 3.05) is 13.7 Å². The normalized spacial score (nSPS) is 11.2. The van der Waals surface area contributed by atoms with E-state index in [0.717, 1.165) is 11.3 Å². The predicted molar refractivity (Wildman–Crippen MR) is 75.4 cm³/mol. The number of ketones is 1. The number of nitrogens with zero attached hydrogens (tertiary/aromatic N) is 1. The first kappa shape index (κ1) is 20.1. The highest BCUT2D eigenvalue weighted by molar-refractivity contribution is 6.24. The molecular weight excluding hydrogens is 350 g/mol. The Kier molecular flexibility index (Phi) is 7.06. The number of hydrogen-bond donors (Lipinski definition) is 2. The zero-order valence-corrected chi connectivity index (χ0v) is 13.0. The van der Waals surface area contributed by atoms with E-state index < -0.39 is 46.2 Å². The van der Waals surface area contributed by atoms with Crippen LogP contribution < -0.4 is 10.9 Å². The Labute approximate surface area is 139 Å². The van der Waals surface area contributed by atoms with Crippen LogP contribution in [0.5, 0.6) is 0 Å². The van der Waals surface area contributed by atoms with Gasteiger partial charge in [-0.2, -0.15) is 0 Å². The molecule has 0 bridgehead atoms. The Morgan fingerprint density at radius 1 is 1.16 bits per heavy atom. The van der Waals surface area contributed by atoms with Crippen LogP contribution in [0.1, 0.15) is 17.3 Å². The molecule has 7 nitrogen and oxygen atoms in total. The molecule has 1 amide bonds. The summed E-state index contributed by atoms with van der Waals surface area (Å²) in [5.74, 6) is -10.7. The number of carbonyl (C=O) groups excluding carboxylic acids is 3. The van der Waals surface area contributed by atoms with Crippen molar-refractivity contribution in [1.29, 1.82) is 0 Å². The molecule has 0 aromatic heterocycles. The SMILES string of the molecule is CCOC(=O)C(=CNN(C)NC=O)C(=O)c1cc(F)c(F)c(F)c1F. The van der Waals surface area contributed by atoms with E-state index in [0.29, 0.717) is 0 Å². The minimum absolute atomic E-state index is 0.122. The zero-order valence-electron chi connectivity index (χ0n) is 13.0. The van der Waals surface area contributed by atoms with Crippen LogP contribution in [0.25, 0.3) is 0 Å². The first-order valence-corrected chi connectivity index (χ1v) is 6.69. The summed E-state index contributed by atoms with van der Waals surface area (Å²) >= 11 is 0. The van der Waals surface area contributed by atoms with Crippen molar-refractivity contribution < 1.29 is 36.7 Å². The molecule has 0 unspecified atom stereocenters. The van der Waals surface area contributed by atoms with E-state index in [1.165, 1.54) is 14.0 Å². The summed E-state index contributed by atoms with van der Waals surface area (Å²) < 4.78 is 57.9. The number of amides is 1. The zero-order chi connectivity index (χ0) is 19.1. The number of carbonyl (C=O) groups is 3. The van der Waals surface area contributed by atoms with Crippen LogP contribution in [-0.4, -0.2) is 36.9 Å². The van der Waals surface area contributed by atoms with Crippen molar-refractivity contribution in [3.05, 3.63) is 46.7 Å². The maximum absolute atomic E-state index is 13.8. The van der Waals surface area contributed by atoms with E-state index in [9.17, 15) is 31.9 Å². The van der Waals surface area contributed by atoms with Crippen LogP contribution in [0.15, 0.2) is 17.8 Å². The van der Waals surface area contributed by atoms with Crippen LogP contribution in [0.2, 0.25) is 0 Å². The van der Waals surface area contributed by atoms with Crippen molar-refractivity contribution in [2.24, 2.45) is 0 Å². The highest BCUT2D eigenvalue weighted by Gasteiger charge is 2.28. The van der Waals surface area contributed by atoms with Gasteiger partial charge in [0.1, 0.15) is 5.57 Å². The van der Waals surface area contributed by atoms with Crippen LogP contribution in [0.4, 0.5) is 17.6 Å². The number of rotatable bonds is 8. The molecule has 0 radical (unpaired) electrons. The van der Waals surface area contributed by atoms with Gasteiger partial charge in [-0.25, -0.2) is 22.4 Å². The van der Waals surface area contributed by atoms with Crippen LogP contribution in [0.3, 0.4) is 0 Å². The number of Topliss-reactive ketones (excluding diaryl/α,β-unsaturated/α-hetero) is 1. The van der Waals surface area contributed by atoms with Gasteiger partial charge in [0.2, 0.25) is 12.2 Å². The second-order valence-electron chi connectivity index (χ2n) is 4.39. The molecule has 0 aliphatic heterocycles. The topological polar surface area (TPSA) is 87.7 Å². The molecule has 0 aliphatic rings. The quantitative estimate of drug-likeness (QED) is 0.0684. The molecule has 0 spiro atoms. The van der Waals surface area contributed by atoms with Crippen molar-refractivity contribution in [2.45, 2.75) is 6.92 Å². The predicted octanol–water partition coefficient (Wildman–Crippen LogP) is 0.970. The fourth-order valence-electron chi connectivity index (χ4n) is 1.59. The third-order valence-electron chi connectivity index (χ3n) is 2.74. The van der Waals surface area contributed by atoms with Gasteiger partial charge >= 0.3 is 5.97 Å². The van der Waals surface area contributed by atoms with Gasteiger partial charge in [0.05, 0.1) is 12.2 Å². The van der Waals surface area contributed by atoms with E-state index in [1.54, 1.807) is 0 Å². The summed E-state index contributed by atoms with van der Waals surface area (Å²) in [4.78, 5) is 34.4. The molecule has 136 valence electrons. The molecule has 1 rings (SSSR count). The lowest BCUT2D eigenvalue weighted by Gasteiger charge is -2.15. The average molecular weight is 363 g/mol. The van der Waals surface area contributed by atoms with Crippen molar-refractivity contribution in [3.8, 4) is 0 Å². The summed E-state index contributed by atoms with van der Waals surface area (Å²) in [7, 11) is 1.27. The van der Waals surface area contributed by atoms with Crippen LogP contribution in [0, 0.1) is 23.3 Å². The minimum atomic E-state index is -2.20. The van der Waals surface area contributed by atoms with Crippen LogP contribution in [-0.2, 0) is 14.3 Å². The Morgan fingerprint density at radius 3 is 2.36 bits per heavy atom. The summed E-state index contributed by atoms with van der Waals surface area (Å²) in [5.41, 5.74) is 2.29. The van der Waals surface area contributed by atoms with Crippen molar-refractivity contribution in [1.82, 2.24) is 16.0 Å². The Hall–Kier alpha value is -2.95. The van der Waals surface area contributed by atoms with Gasteiger partial charge in [-0.15, -0.1) is 5.12 Å². The molecule has 0 atom stereocenters. The molecule has 0 aliphatic carbocycles. The lowest BCUT2D eigenvalue weighted by Crippen LogP contribution is -2.42. The molecule has 2 N–H and O–H groups in total. The van der Waals surface area contributed by atoms with Gasteiger partial charge in [-0.1, -0.05) is 0 Å². The van der Waals surface area contributed by atoms with E-state index in [-0.39, 0.29) is 19.1 Å². The lowest BCUT2D eigenvalue weighted by molar-refractivity contribution is -0.138. The van der Waals surface area contributed by atoms with Crippen molar-refractivity contribution in [3.63, 3.8) is 0 Å². The third-order valence-corrected chi connectivity index (χ3v) is 2.74. The van der Waals surface area contributed by atoms with Crippen molar-refractivity contribution >= 4 is 18.2 Å². The number of ether oxygens (including phenoxy) is 1. The second kappa shape index (κ2) is 8.78. The Morgan fingerprint density at radius 2 is 1.80 bits per heavy atom. The summed E-state index contributed by atoms with van der Waals surface area (Å²) in [6.07, 6.45) is 0.979. The molecule has 1 aromatic carbocycles. The average Bonchev–Trinajstić information content (AvgIpc) is 2.56. The van der Waals surface area contributed by atoms with E-state index in [4.69, 9.17) is 0 Å². The number of benzene rings is 1. The summed E-state index contributed by atoms with van der Waals surface area (Å²) in [5, 5.41) is 0.904. The third kappa shape index (κ3) is 4.76. The summed E-state index contributed by atoms with van der Waals surface area (Å²) in [6.45, 7) is 1.27. The maximum atomic E-state index is 13.8. The standard InChI is InChI=1S/C14H13F4N3O4/c1-3-25-14(24)8(5-19-21(2)20-6-22)13(23)7-4-9(15)11(17)12(18)10(7)16/h4-6,19H,3H2,1-2H3,(H,20,22). The number of halogens is 4. The number of nitrogens with one attached hydrogen (secondary N) is 2. The molecular formula is C14H13F4N3O4. The number of hydrogen-bond acceptors (Lipinski definition) is 6. The van der Waals surface area contributed by atoms with E-state index >= 15 is 0 Å². The van der Waals surface area contributed by atoms with Gasteiger partial charge in [-0.3, -0.25) is 15.0 Å². The molecule has 11 heteroatoms. The van der Waals surface area contributed by atoms with Gasteiger partial charge in [0.25, 0.3) is 0 Å². The molecule has 1 aromatic rings. The Balaban J connectivity index is 3.31. The first-order chi connectivity index (χ1) is 11.7. The molecule has 0 fully saturated rings. The highest BCUT2D eigenvalue weighted by Crippen LogP contribution is 2.21. The second-order valence-corrected chi connectivity index (χ2v) is 4.39. The van der Waals surface area contributed by atoms with Crippen LogP contribution >= 0.6 is 0 Å². The van der Waals surface area contributed by atoms with Gasteiger partial charge in [0.15, 0.2) is 23.3 Å². The minimum Gasteiger partial charge on any atom is -0.462 e. The number of hydrazine groups is 2. The molecule has 0 saturated carbocycles. The smallest absolute Gasteiger partial charge is 0.343 e. The fourth-order valence-corrected chi connectivity index (χ4v) is 1.59. The van der Waals surface area contributed by atoms with E-state index in [1.807, 2.05) is 0 Å².